The number of aliphatic hydroxyl groups is 1. The number of esters is 1. The summed E-state index contributed by atoms with van der Waals surface area (Å²) in [5, 5.41) is 17.4. The monoisotopic (exact) mass is 224 g/mol. The molecule has 0 spiro atoms. The van der Waals surface area contributed by atoms with E-state index in [1.165, 1.54) is 19.1 Å². The summed E-state index contributed by atoms with van der Waals surface area (Å²) in [7, 11) is 0. The maximum atomic E-state index is 11.0. The summed E-state index contributed by atoms with van der Waals surface area (Å²) >= 11 is 0. The van der Waals surface area contributed by atoms with E-state index in [0.29, 0.717) is 5.56 Å². The third-order valence-electron chi connectivity index (χ3n) is 1.84. The van der Waals surface area contributed by atoms with E-state index in [2.05, 4.69) is 0 Å². The second kappa shape index (κ2) is 5.27. The highest BCUT2D eigenvalue weighted by molar-refractivity contribution is 5.76. The first kappa shape index (κ1) is 12.2. The van der Waals surface area contributed by atoms with E-state index < -0.39 is 18.0 Å². The van der Waals surface area contributed by atoms with Crippen LogP contribution in [0.5, 0.6) is 5.75 Å². The topological polar surface area (TPSA) is 83.8 Å². The van der Waals surface area contributed by atoms with E-state index in [4.69, 9.17) is 14.9 Å². The van der Waals surface area contributed by atoms with Crippen LogP contribution in [0.15, 0.2) is 24.3 Å². The van der Waals surface area contributed by atoms with Gasteiger partial charge in [0.25, 0.3) is 0 Å². The molecule has 0 fully saturated rings. The van der Waals surface area contributed by atoms with Gasteiger partial charge < -0.3 is 14.9 Å². The second-order valence-corrected chi connectivity index (χ2v) is 3.31. The molecule has 1 atom stereocenters. The van der Waals surface area contributed by atoms with Gasteiger partial charge in [0.1, 0.15) is 11.9 Å². The van der Waals surface area contributed by atoms with Crippen molar-refractivity contribution in [2.75, 3.05) is 0 Å². The standard InChI is InChI=1S/C11H12O5/c1-7(12)11(15)16-9-4-2-8(3-5-9)6-10(13)14/h2-5,7,12H,6H2,1H3,(H,13,14). The smallest absolute Gasteiger partial charge is 0.340 e. The van der Waals surface area contributed by atoms with Crippen molar-refractivity contribution in [1.82, 2.24) is 0 Å². The number of benzene rings is 1. The molecule has 0 heterocycles. The first-order chi connectivity index (χ1) is 7.49. The minimum Gasteiger partial charge on any atom is -0.481 e. The van der Waals surface area contributed by atoms with Crippen LogP contribution in [0.3, 0.4) is 0 Å². The summed E-state index contributed by atoms with van der Waals surface area (Å²) in [5.74, 6) is -1.39. The highest BCUT2D eigenvalue weighted by Crippen LogP contribution is 2.13. The summed E-state index contributed by atoms with van der Waals surface area (Å²) in [6.07, 6.45) is -1.26. The number of carboxylic acid groups (broad SMARTS) is 1. The van der Waals surface area contributed by atoms with Gasteiger partial charge >= 0.3 is 11.9 Å². The Balaban J connectivity index is 2.64. The molecule has 0 radical (unpaired) electrons. The van der Waals surface area contributed by atoms with Crippen LogP contribution in [0.1, 0.15) is 12.5 Å². The molecule has 86 valence electrons. The Labute approximate surface area is 92.3 Å². The van der Waals surface area contributed by atoms with Gasteiger partial charge in [0, 0.05) is 0 Å². The lowest BCUT2D eigenvalue weighted by molar-refractivity contribution is -0.142. The van der Waals surface area contributed by atoms with Crippen molar-refractivity contribution in [2.45, 2.75) is 19.4 Å². The molecule has 0 saturated heterocycles. The van der Waals surface area contributed by atoms with E-state index in [1.54, 1.807) is 12.1 Å². The second-order valence-electron chi connectivity index (χ2n) is 3.31. The molecule has 2 N–H and O–H groups in total. The highest BCUT2D eigenvalue weighted by Gasteiger charge is 2.11. The molecule has 0 aromatic heterocycles. The van der Waals surface area contributed by atoms with Crippen molar-refractivity contribution in [2.24, 2.45) is 0 Å². The number of aliphatic hydroxyl groups excluding tert-OH is 1. The Bertz CT molecular complexity index is 380. The van der Waals surface area contributed by atoms with Gasteiger partial charge in [0.15, 0.2) is 0 Å². The lowest BCUT2D eigenvalue weighted by atomic mass is 10.1. The van der Waals surface area contributed by atoms with Gasteiger partial charge in [-0.25, -0.2) is 4.79 Å². The van der Waals surface area contributed by atoms with Crippen molar-refractivity contribution in [3.8, 4) is 5.75 Å². The maximum Gasteiger partial charge on any atom is 0.340 e. The molecule has 5 heteroatoms. The highest BCUT2D eigenvalue weighted by atomic mass is 16.5. The number of aliphatic carboxylic acids is 1. The van der Waals surface area contributed by atoms with Crippen LogP contribution in [0.2, 0.25) is 0 Å². The Morgan fingerprint density at radius 2 is 1.88 bits per heavy atom. The van der Waals surface area contributed by atoms with E-state index >= 15 is 0 Å². The number of hydrogen-bond donors (Lipinski definition) is 2. The lowest BCUT2D eigenvalue weighted by Crippen LogP contribution is -2.22. The van der Waals surface area contributed by atoms with Crippen LogP contribution >= 0.6 is 0 Å². The average Bonchev–Trinajstić information content (AvgIpc) is 2.20. The number of carbonyl (C=O) groups is 2. The molecule has 1 unspecified atom stereocenters. The molecule has 0 aliphatic carbocycles. The largest absolute Gasteiger partial charge is 0.481 e. The zero-order chi connectivity index (χ0) is 12.1. The van der Waals surface area contributed by atoms with Gasteiger partial charge in [-0.05, 0) is 24.6 Å². The van der Waals surface area contributed by atoms with Crippen LogP contribution < -0.4 is 4.74 Å². The predicted molar refractivity (Wildman–Crippen MR) is 55.1 cm³/mol. The predicted octanol–water partition coefficient (Wildman–Crippen LogP) is 0.600. The molecule has 5 nitrogen and oxygen atoms in total. The van der Waals surface area contributed by atoms with Crippen molar-refractivity contribution < 1.29 is 24.5 Å². The van der Waals surface area contributed by atoms with E-state index in [1.807, 2.05) is 0 Å². The van der Waals surface area contributed by atoms with Gasteiger partial charge in [0.2, 0.25) is 0 Å². The zero-order valence-corrected chi connectivity index (χ0v) is 8.71. The minimum atomic E-state index is -1.18. The molecule has 0 aliphatic heterocycles. The SMILES string of the molecule is CC(O)C(=O)Oc1ccc(CC(=O)O)cc1. The molecule has 0 saturated carbocycles. The van der Waals surface area contributed by atoms with Crippen LogP contribution in [0.4, 0.5) is 0 Å². The minimum absolute atomic E-state index is 0.0787. The molecule has 0 bridgehead atoms. The van der Waals surface area contributed by atoms with Gasteiger partial charge in [-0.15, -0.1) is 0 Å². The van der Waals surface area contributed by atoms with E-state index in [9.17, 15) is 9.59 Å². The Hall–Kier alpha value is -1.88. The molecular weight excluding hydrogens is 212 g/mol. The first-order valence-corrected chi connectivity index (χ1v) is 4.69. The van der Waals surface area contributed by atoms with Gasteiger partial charge in [0.05, 0.1) is 6.42 Å². The van der Waals surface area contributed by atoms with Crippen LogP contribution in [0.25, 0.3) is 0 Å². The lowest BCUT2D eigenvalue weighted by Gasteiger charge is -2.06. The fourth-order valence-electron chi connectivity index (χ4n) is 1.05. The molecule has 1 rings (SSSR count). The molecule has 1 aromatic rings. The molecule has 0 amide bonds. The number of carbonyl (C=O) groups excluding carboxylic acids is 1. The summed E-state index contributed by atoms with van der Waals surface area (Å²) in [5.41, 5.74) is 0.615. The fourth-order valence-corrected chi connectivity index (χ4v) is 1.05. The summed E-state index contributed by atoms with van der Waals surface area (Å²) in [6, 6.07) is 6.08. The number of carboxylic acids is 1. The molecule has 1 aromatic carbocycles. The van der Waals surface area contributed by atoms with Crippen LogP contribution in [-0.4, -0.2) is 28.3 Å². The molecule has 0 aliphatic rings. The number of ether oxygens (including phenoxy) is 1. The maximum absolute atomic E-state index is 11.0. The number of hydrogen-bond acceptors (Lipinski definition) is 4. The Morgan fingerprint density at radius 1 is 1.31 bits per heavy atom. The Kier molecular flexibility index (Phi) is 4.02. The molecular formula is C11H12O5. The molecule has 16 heavy (non-hydrogen) atoms. The van der Waals surface area contributed by atoms with Crippen molar-refractivity contribution in [3.63, 3.8) is 0 Å². The Morgan fingerprint density at radius 3 is 2.31 bits per heavy atom. The summed E-state index contributed by atoms with van der Waals surface area (Å²) in [4.78, 5) is 21.4. The van der Waals surface area contributed by atoms with Gasteiger partial charge in [-0.2, -0.15) is 0 Å². The van der Waals surface area contributed by atoms with E-state index in [0.717, 1.165) is 0 Å². The van der Waals surface area contributed by atoms with Crippen molar-refractivity contribution >= 4 is 11.9 Å². The number of rotatable bonds is 4. The van der Waals surface area contributed by atoms with Crippen LogP contribution in [0, 0.1) is 0 Å². The third kappa shape index (κ3) is 3.70. The zero-order valence-electron chi connectivity index (χ0n) is 8.71. The normalized spacial score (nSPS) is 11.9. The van der Waals surface area contributed by atoms with Crippen molar-refractivity contribution in [3.05, 3.63) is 29.8 Å². The third-order valence-corrected chi connectivity index (χ3v) is 1.84. The van der Waals surface area contributed by atoms with Crippen molar-refractivity contribution in [1.29, 1.82) is 0 Å². The van der Waals surface area contributed by atoms with Crippen LogP contribution in [-0.2, 0) is 16.0 Å². The summed E-state index contributed by atoms with van der Waals surface area (Å²) < 4.78 is 4.80. The average molecular weight is 224 g/mol. The van der Waals surface area contributed by atoms with E-state index in [-0.39, 0.29) is 12.2 Å². The summed E-state index contributed by atoms with van der Waals surface area (Å²) in [6.45, 7) is 1.31. The quantitative estimate of drug-likeness (QED) is 0.578. The van der Waals surface area contributed by atoms with Gasteiger partial charge in [-0.1, -0.05) is 12.1 Å². The van der Waals surface area contributed by atoms with Gasteiger partial charge in [-0.3, -0.25) is 4.79 Å². The first-order valence-electron chi connectivity index (χ1n) is 4.69. The fraction of sp³-hybridized carbons (Fsp3) is 0.273.